The fraction of sp³-hybridized carbons (Fsp3) is 0.100. The lowest BCUT2D eigenvalue weighted by atomic mass is 9.95. The third-order valence-corrected chi connectivity index (χ3v) is 3.91. The van der Waals surface area contributed by atoms with Crippen molar-refractivity contribution in [3.8, 4) is 28.5 Å². The number of rotatable bonds is 2. The molecule has 0 saturated heterocycles. The number of hydrogen-bond acceptors (Lipinski definition) is 2. The maximum Gasteiger partial charge on any atom is 0.266 e. The molecule has 0 spiro atoms. The first-order valence-corrected chi connectivity index (χ1v) is 7.40. The van der Waals surface area contributed by atoms with Crippen LogP contribution >= 0.6 is 0 Å². The predicted octanol–water partition coefficient (Wildman–Crippen LogP) is 4.20. The zero-order valence-electron chi connectivity index (χ0n) is 13.1. The molecule has 1 aromatic heterocycles. The molecule has 0 saturated carbocycles. The number of benzene rings is 2. The van der Waals surface area contributed by atoms with Gasteiger partial charge in [0.15, 0.2) is 0 Å². The number of H-pyrrole nitrogens is 1. The van der Waals surface area contributed by atoms with Crippen LogP contribution in [0.25, 0.3) is 22.4 Å². The molecular weight excluding hydrogens is 284 g/mol. The van der Waals surface area contributed by atoms with E-state index in [4.69, 9.17) is 0 Å². The number of nitrogens with one attached hydrogen (secondary N) is 1. The molecule has 3 nitrogen and oxygen atoms in total. The van der Waals surface area contributed by atoms with Gasteiger partial charge in [-0.25, -0.2) is 0 Å². The zero-order valence-corrected chi connectivity index (χ0v) is 13.1. The minimum atomic E-state index is -0.357. The highest BCUT2D eigenvalue weighted by Gasteiger charge is 2.13. The number of hydrogen-bond donors (Lipinski definition) is 1. The van der Waals surface area contributed by atoms with Gasteiger partial charge in [-0.3, -0.25) is 4.79 Å². The highest BCUT2D eigenvalue weighted by molar-refractivity contribution is 5.77. The predicted molar refractivity (Wildman–Crippen MR) is 92.1 cm³/mol. The van der Waals surface area contributed by atoms with Crippen molar-refractivity contribution >= 4 is 0 Å². The maximum absolute atomic E-state index is 12.4. The molecule has 3 aromatic rings. The van der Waals surface area contributed by atoms with Crippen molar-refractivity contribution in [3.63, 3.8) is 0 Å². The Morgan fingerprint density at radius 1 is 0.957 bits per heavy atom. The summed E-state index contributed by atoms with van der Waals surface area (Å²) in [5.41, 5.74) is 5.17. The van der Waals surface area contributed by atoms with E-state index in [-0.39, 0.29) is 11.1 Å². The topological polar surface area (TPSA) is 56.6 Å². The molecule has 0 fully saturated rings. The Hall–Kier alpha value is -3.12. The van der Waals surface area contributed by atoms with Crippen LogP contribution in [0.1, 0.15) is 16.7 Å². The lowest BCUT2D eigenvalue weighted by molar-refractivity contribution is 1.21. The molecule has 1 heterocycles. The van der Waals surface area contributed by atoms with Gasteiger partial charge in [-0.05, 0) is 42.7 Å². The van der Waals surface area contributed by atoms with Crippen molar-refractivity contribution in [2.45, 2.75) is 13.8 Å². The van der Waals surface area contributed by atoms with Crippen molar-refractivity contribution in [1.29, 1.82) is 5.26 Å². The van der Waals surface area contributed by atoms with E-state index in [0.29, 0.717) is 5.56 Å². The monoisotopic (exact) mass is 300 g/mol. The highest BCUT2D eigenvalue weighted by atomic mass is 16.1. The summed E-state index contributed by atoms with van der Waals surface area (Å²) in [4.78, 5) is 15.2. The van der Waals surface area contributed by atoms with Gasteiger partial charge in [0.25, 0.3) is 5.56 Å². The number of nitrogens with zero attached hydrogens (tertiary/aromatic N) is 1. The highest BCUT2D eigenvalue weighted by Crippen LogP contribution is 2.28. The lowest BCUT2D eigenvalue weighted by Gasteiger charge is -2.10. The summed E-state index contributed by atoms with van der Waals surface area (Å²) >= 11 is 0. The van der Waals surface area contributed by atoms with Gasteiger partial charge in [0.2, 0.25) is 0 Å². The van der Waals surface area contributed by atoms with Gasteiger partial charge in [0.1, 0.15) is 11.6 Å². The second-order valence-electron chi connectivity index (χ2n) is 5.60. The van der Waals surface area contributed by atoms with Crippen LogP contribution in [0.5, 0.6) is 0 Å². The number of aromatic amines is 1. The van der Waals surface area contributed by atoms with Crippen LogP contribution in [0.4, 0.5) is 0 Å². The summed E-state index contributed by atoms with van der Waals surface area (Å²) in [5.74, 6) is 0. The largest absolute Gasteiger partial charge is 0.321 e. The Balaban J connectivity index is 2.30. The molecule has 23 heavy (non-hydrogen) atoms. The molecule has 0 amide bonds. The van der Waals surface area contributed by atoms with Gasteiger partial charge < -0.3 is 4.98 Å². The fourth-order valence-electron chi connectivity index (χ4n) is 2.73. The third kappa shape index (κ3) is 2.79. The first-order chi connectivity index (χ1) is 11.1. The van der Waals surface area contributed by atoms with Gasteiger partial charge >= 0.3 is 0 Å². The van der Waals surface area contributed by atoms with E-state index in [2.05, 4.69) is 4.98 Å². The second-order valence-corrected chi connectivity index (χ2v) is 5.60. The van der Waals surface area contributed by atoms with E-state index in [1.807, 2.05) is 74.5 Å². The summed E-state index contributed by atoms with van der Waals surface area (Å²) in [5, 5.41) is 9.39. The Kier molecular flexibility index (Phi) is 3.82. The fourth-order valence-corrected chi connectivity index (χ4v) is 2.73. The second kappa shape index (κ2) is 5.94. The number of aryl methyl sites for hydroxylation is 2. The molecule has 0 atom stereocenters. The molecule has 0 aliphatic heterocycles. The number of nitriles is 1. The average molecular weight is 300 g/mol. The van der Waals surface area contributed by atoms with E-state index < -0.39 is 0 Å². The molecule has 0 aliphatic rings. The summed E-state index contributed by atoms with van der Waals surface area (Å²) < 4.78 is 0. The molecule has 112 valence electrons. The van der Waals surface area contributed by atoms with Crippen molar-refractivity contribution in [1.82, 2.24) is 4.98 Å². The summed E-state index contributed by atoms with van der Waals surface area (Å²) in [6.07, 6.45) is 0. The number of pyridine rings is 1. The van der Waals surface area contributed by atoms with Gasteiger partial charge in [0, 0.05) is 11.3 Å². The Bertz CT molecular complexity index is 977. The van der Waals surface area contributed by atoms with Crippen LogP contribution in [0.15, 0.2) is 59.4 Å². The van der Waals surface area contributed by atoms with E-state index in [1.54, 1.807) is 0 Å². The molecule has 0 unspecified atom stereocenters. The zero-order chi connectivity index (χ0) is 16.4. The summed E-state index contributed by atoms with van der Waals surface area (Å²) in [7, 11) is 0. The maximum atomic E-state index is 12.4. The molecule has 2 aromatic carbocycles. The molecule has 3 rings (SSSR count). The summed E-state index contributed by atoms with van der Waals surface area (Å²) in [6, 6.07) is 19.6. The van der Waals surface area contributed by atoms with Crippen molar-refractivity contribution in [2.24, 2.45) is 0 Å². The van der Waals surface area contributed by atoms with E-state index in [1.165, 1.54) is 0 Å². The standard InChI is InChI=1S/C20H16N2O/c1-13-6-5-8-15(10-13)19-11-17(18(12-21)20(23)22-19)16-9-4-3-7-14(16)2/h3-11H,1-2H3,(H,22,23). The molecule has 0 bridgehead atoms. The molecule has 3 heteroatoms. The smallest absolute Gasteiger partial charge is 0.266 e. The van der Waals surface area contributed by atoms with E-state index in [0.717, 1.165) is 27.9 Å². The number of aromatic nitrogens is 1. The SMILES string of the molecule is Cc1cccc(-c2cc(-c3ccccc3C)c(C#N)c(=O)[nH]2)c1. The van der Waals surface area contributed by atoms with Gasteiger partial charge in [0.05, 0.1) is 0 Å². The minimum absolute atomic E-state index is 0.149. The molecule has 0 aliphatic carbocycles. The van der Waals surface area contributed by atoms with Crippen molar-refractivity contribution in [2.75, 3.05) is 0 Å². The first-order valence-electron chi connectivity index (χ1n) is 7.40. The Labute approximate surface area is 134 Å². The normalized spacial score (nSPS) is 10.3. The van der Waals surface area contributed by atoms with Crippen molar-refractivity contribution < 1.29 is 0 Å². The molecular formula is C20H16N2O. The van der Waals surface area contributed by atoms with Gasteiger partial charge in [-0.2, -0.15) is 5.26 Å². The third-order valence-electron chi connectivity index (χ3n) is 3.91. The first kappa shape index (κ1) is 14.8. The quantitative estimate of drug-likeness (QED) is 0.771. The van der Waals surface area contributed by atoms with E-state index in [9.17, 15) is 10.1 Å². The van der Waals surface area contributed by atoms with Gasteiger partial charge in [-0.15, -0.1) is 0 Å². The average Bonchev–Trinajstić information content (AvgIpc) is 2.54. The molecule has 0 radical (unpaired) electrons. The van der Waals surface area contributed by atoms with Crippen LogP contribution in [0.3, 0.4) is 0 Å². The van der Waals surface area contributed by atoms with Crippen molar-refractivity contribution in [3.05, 3.63) is 81.6 Å². The Morgan fingerprint density at radius 3 is 2.43 bits per heavy atom. The minimum Gasteiger partial charge on any atom is -0.321 e. The van der Waals surface area contributed by atoms with Crippen LogP contribution in [-0.4, -0.2) is 4.98 Å². The van der Waals surface area contributed by atoms with Crippen LogP contribution in [0, 0.1) is 25.2 Å². The Morgan fingerprint density at radius 2 is 1.74 bits per heavy atom. The van der Waals surface area contributed by atoms with Gasteiger partial charge in [-0.1, -0.05) is 48.0 Å². The lowest BCUT2D eigenvalue weighted by Crippen LogP contribution is -2.13. The molecule has 1 N–H and O–H groups in total. The van der Waals surface area contributed by atoms with Crippen LogP contribution in [0.2, 0.25) is 0 Å². The van der Waals surface area contributed by atoms with Crippen LogP contribution < -0.4 is 5.56 Å². The summed E-state index contributed by atoms with van der Waals surface area (Å²) in [6.45, 7) is 3.98. The van der Waals surface area contributed by atoms with Crippen LogP contribution in [-0.2, 0) is 0 Å². The van der Waals surface area contributed by atoms with E-state index >= 15 is 0 Å².